The average molecular weight is 443 g/mol. The molecule has 0 aromatic rings. The molecule has 5 aliphatic rings. The summed E-state index contributed by atoms with van der Waals surface area (Å²) in [6, 6.07) is 0. The van der Waals surface area contributed by atoms with Crippen LogP contribution in [0, 0.1) is 50.7 Å². The second kappa shape index (κ2) is 6.86. The molecule has 4 unspecified atom stereocenters. The van der Waals surface area contributed by atoms with E-state index < -0.39 is 11.4 Å². The fourth-order valence-electron chi connectivity index (χ4n) is 10.3. The first-order valence-corrected chi connectivity index (χ1v) is 13.4. The highest BCUT2D eigenvalue weighted by Gasteiger charge is 2.65. The van der Waals surface area contributed by atoms with E-state index in [1.54, 1.807) is 0 Å². The van der Waals surface area contributed by atoms with E-state index in [1.165, 1.54) is 18.4 Å². The number of carboxylic acids is 1. The maximum Gasteiger partial charge on any atom is 0.310 e. The molecule has 0 bridgehead atoms. The molecule has 0 aromatic heterocycles. The van der Waals surface area contributed by atoms with Crippen LogP contribution in [0.4, 0.5) is 0 Å². The van der Waals surface area contributed by atoms with Crippen LogP contribution in [-0.4, -0.2) is 22.3 Å². The van der Waals surface area contributed by atoms with Crippen LogP contribution in [-0.2, 0) is 4.79 Å². The van der Waals surface area contributed by atoms with Gasteiger partial charge in [0, 0.05) is 0 Å². The molecule has 5 rings (SSSR count). The summed E-state index contributed by atoms with van der Waals surface area (Å²) in [7, 11) is 0. The third kappa shape index (κ3) is 2.85. The quantitative estimate of drug-likeness (QED) is 0.437. The van der Waals surface area contributed by atoms with Crippen LogP contribution in [0.2, 0.25) is 0 Å². The van der Waals surface area contributed by atoms with Gasteiger partial charge in [-0.15, -0.1) is 0 Å². The Morgan fingerprint density at radius 3 is 2.22 bits per heavy atom. The van der Waals surface area contributed by atoms with Crippen molar-refractivity contribution >= 4 is 5.97 Å². The van der Waals surface area contributed by atoms with Gasteiger partial charge in [0.15, 0.2) is 0 Å². The number of rotatable bonds is 1. The minimum absolute atomic E-state index is 0.0171. The zero-order valence-corrected chi connectivity index (χ0v) is 21.3. The lowest BCUT2D eigenvalue weighted by molar-refractivity contribution is -0.188. The Morgan fingerprint density at radius 2 is 1.53 bits per heavy atom. The third-order valence-corrected chi connectivity index (χ3v) is 12.2. The van der Waals surface area contributed by atoms with E-state index in [2.05, 4.69) is 47.6 Å². The van der Waals surface area contributed by atoms with Crippen LogP contribution >= 0.6 is 0 Å². The molecule has 0 heterocycles. The normalized spacial score (nSPS) is 51.3. The molecule has 0 saturated heterocycles. The largest absolute Gasteiger partial charge is 0.481 e. The molecule has 0 spiro atoms. The number of aliphatic hydroxyl groups excluding tert-OH is 1. The summed E-state index contributed by atoms with van der Waals surface area (Å²) in [5.41, 5.74) is 1.75. The number of aliphatic carboxylic acids is 1. The summed E-state index contributed by atoms with van der Waals surface area (Å²) in [6.07, 6.45) is 12.8. The predicted octanol–water partition coefficient (Wildman–Crippen LogP) is 6.84. The maximum atomic E-state index is 12.6. The van der Waals surface area contributed by atoms with Crippen LogP contribution in [0.3, 0.4) is 0 Å². The number of allylic oxidation sites excluding steroid dienone is 2. The second-order valence-electron chi connectivity index (χ2n) is 14.4. The molecule has 5 aliphatic carbocycles. The lowest BCUT2D eigenvalue weighted by Crippen LogP contribution is -2.62. The molecule has 3 nitrogen and oxygen atoms in total. The summed E-state index contributed by atoms with van der Waals surface area (Å²) in [5.74, 6) is 1.43. The molecular weight excluding hydrogens is 396 g/mol. The van der Waals surface area contributed by atoms with Crippen molar-refractivity contribution in [2.75, 3.05) is 0 Å². The minimum Gasteiger partial charge on any atom is -0.481 e. The Kier molecular flexibility index (Phi) is 4.92. The highest BCUT2D eigenvalue weighted by Crippen LogP contribution is 2.72. The summed E-state index contributed by atoms with van der Waals surface area (Å²) in [4.78, 5) is 12.6. The van der Waals surface area contributed by atoms with E-state index in [1.807, 2.05) is 0 Å². The summed E-state index contributed by atoms with van der Waals surface area (Å²) in [6.45, 7) is 14.4. The van der Waals surface area contributed by atoms with Crippen molar-refractivity contribution in [2.45, 2.75) is 112 Å². The second-order valence-corrected chi connectivity index (χ2v) is 14.4. The van der Waals surface area contributed by atoms with Gasteiger partial charge in [0.05, 0.1) is 11.5 Å². The van der Waals surface area contributed by atoms with E-state index in [0.29, 0.717) is 17.8 Å². The van der Waals surface area contributed by atoms with Crippen molar-refractivity contribution < 1.29 is 15.0 Å². The Bertz CT molecular complexity index is 839. The molecule has 180 valence electrons. The molecular formula is C29H46O3. The highest BCUT2D eigenvalue weighted by atomic mass is 16.4. The molecule has 0 amide bonds. The topological polar surface area (TPSA) is 57.5 Å². The van der Waals surface area contributed by atoms with Crippen molar-refractivity contribution in [3.63, 3.8) is 0 Å². The minimum atomic E-state index is -0.539. The van der Waals surface area contributed by atoms with E-state index in [9.17, 15) is 15.0 Å². The number of hydrogen-bond acceptors (Lipinski definition) is 2. The van der Waals surface area contributed by atoms with E-state index >= 15 is 0 Å². The zero-order valence-electron chi connectivity index (χ0n) is 21.3. The van der Waals surface area contributed by atoms with Crippen LogP contribution < -0.4 is 0 Å². The van der Waals surface area contributed by atoms with Gasteiger partial charge >= 0.3 is 5.97 Å². The number of hydrogen-bond donors (Lipinski definition) is 2. The first-order valence-electron chi connectivity index (χ1n) is 13.4. The first kappa shape index (κ1) is 22.9. The van der Waals surface area contributed by atoms with Crippen molar-refractivity contribution in [1.29, 1.82) is 0 Å². The Morgan fingerprint density at radius 1 is 0.844 bits per heavy atom. The molecule has 4 saturated carbocycles. The average Bonchev–Trinajstić information content (AvgIpc) is 2.70. The van der Waals surface area contributed by atoms with Crippen LogP contribution in [0.1, 0.15) is 106 Å². The van der Waals surface area contributed by atoms with Gasteiger partial charge in [0.2, 0.25) is 0 Å². The van der Waals surface area contributed by atoms with Gasteiger partial charge in [0.1, 0.15) is 0 Å². The maximum absolute atomic E-state index is 12.6. The number of carbonyl (C=O) groups is 1. The standard InChI is InChI=1S/C29H46O3/c1-25(2)15-16-29(24(31)32)14-9-19-18(20(29)17-25)7-8-22-27(19,5)12-10-21-26(3,4)23(30)11-13-28(21,22)6/h7,19-23,30H,8-17H2,1-6H3,(H,31,32)/t19?,20?,21?,22?,23-,27-,28-,29+/m0/s1. The Labute approximate surface area is 195 Å². The number of fused-ring (bicyclic) bond motifs is 7. The highest BCUT2D eigenvalue weighted by molar-refractivity contribution is 5.76. The lowest BCUT2D eigenvalue weighted by Gasteiger charge is -2.68. The van der Waals surface area contributed by atoms with Gasteiger partial charge in [-0.3, -0.25) is 4.79 Å². The van der Waals surface area contributed by atoms with Gasteiger partial charge in [-0.05, 0) is 110 Å². The SMILES string of the molecule is CC1(C)CC[C@]2(C(=O)O)CCC3C(=CCC4[C@@]3(C)CCC3C(C)(C)[C@@H](O)CC[C@@]34C)C2C1. The van der Waals surface area contributed by atoms with Crippen LogP contribution in [0.25, 0.3) is 0 Å². The fraction of sp³-hybridized carbons (Fsp3) is 0.897. The summed E-state index contributed by atoms with van der Waals surface area (Å²) < 4.78 is 0. The molecule has 0 radical (unpaired) electrons. The molecule has 0 aliphatic heterocycles. The molecule has 8 atom stereocenters. The van der Waals surface area contributed by atoms with Gasteiger partial charge < -0.3 is 10.2 Å². The smallest absolute Gasteiger partial charge is 0.310 e. The van der Waals surface area contributed by atoms with Crippen molar-refractivity contribution in [3.8, 4) is 0 Å². The predicted molar refractivity (Wildman–Crippen MR) is 128 cm³/mol. The van der Waals surface area contributed by atoms with Crippen LogP contribution in [0.5, 0.6) is 0 Å². The van der Waals surface area contributed by atoms with Crippen LogP contribution in [0.15, 0.2) is 11.6 Å². The molecule has 3 heteroatoms. The van der Waals surface area contributed by atoms with Gasteiger partial charge in [0.25, 0.3) is 0 Å². The van der Waals surface area contributed by atoms with Gasteiger partial charge in [-0.25, -0.2) is 0 Å². The number of aliphatic hydroxyl groups is 1. The number of carboxylic acid groups (broad SMARTS) is 1. The molecule has 4 fully saturated rings. The fourth-order valence-corrected chi connectivity index (χ4v) is 10.3. The van der Waals surface area contributed by atoms with Crippen molar-refractivity contribution in [1.82, 2.24) is 0 Å². The third-order valence-electron chi connectivity index (χ3n) is 12.2. The van der Waals surface area contributed by atoms with Crippen molar-refractivity contribution in [2.24, 2.45) is 50.7 Å². The Balaban J connectivity index is 1.55. The van der Waals surface area contributed by atoms with Crippen molar-refractivity contribution in [3.05, 3.63) is 11.6 Å². The Hall–Kier alpha value is -0.830. The molecule has 2 N–H and O–H groups in total. The summed E-state index contributed by atoms with van der Waals surface area (Å²) in [5, 5.41) is 21.2. The zero-order chi connectivity index (χ0) is 23.3. The van der Waals surface area contributed by atoms with E-state index in [-0.39, 0.29) is 33.7 Å². The monoisotopic (exact) mass is 442 g/mol. The van der Waals surface area contributed by atoms with E-state index in [0.717, 1.165) is 51.4 Å². The van der Waals surface area contributed by atoms with E-state index in [4.69, 9.17) is 0 Å². The van der Waals surface area contributed by atoms with Gasteiger partial charge in [-0.1, -0.05) is 53.2 Å². The van der Waals surface area contributed by atoms with Gasteiger partial charge in [-0.2, -0.15) is 0 Å². The lowest BCUT2D eigenvalue weighted by atomic mass is 9.37. The molecule has 0 aromatic carbocycles. The molecule has 32 heavy (non-hydrogen) atoms. The summed E-state index contributed by atoms with van der Waals surface area (Å²) >= 11 is 0. The first-order chi connectivity index (χ1) is 14.8.